The van der Waals surface area contributed by atoms with Crippen molar-refractivity contribution >= 4 is 11.4 Å². The van der Waals surface area contributed by atoms with Crippen LogP contribution in [0.2, 0.25) is 0 Å². The summed E-state index contributed by atoms with van der Waals surface area (Å²) >= 11 is 0. The highest BCUT2D eigenvalue weighted by atomic mass is 16.6. The van der Waals surface area contributed by atoms with Crippen LogP contribution in [-0.4, -0.2) is 37.6 Å². The van der Waals surface area contributed by atoms with E-state index in [1.807, 2.05) is 12.1 Å². The number of nitro benzene ring substituents is 1. The third-order valence-corrected chi connectivity index (χ3v) is 4.93. The van der Waals surface area contributed by atoms with Gasteiger partial charge in [-0.2, -0.15) is 0 Å². The summed E-state index contributed by atoms with van der Waals surface area (Å²) < 4.78 is 0. The average molecular weight is 346 g/mol. The lowest BCUT2D eigenvalue weighted by Gasteiger charge is -2.33. The second kappa shape index (κ2) is 10.2. The number of rotatable bonds is 9. The number of nitrogens with zero attached hydrogens (tertiary/aromatic N) is 2. The first-order valence-corrected chi connectivity index (χ1v) is 9.52. The highest BCUT2D eigenvalue weighted by Gasteiger charge is 2.20. The van der Waals surface area contributed by atoms with Gasteiger partial charge in [0, 0.05) is 17.8 Å². The van der Waals surface area contributed by atoms with Crippen molar-refractivity contribution in [1.29, 1.82) is 0 Å². The van der Waals surface area contributed by atoms with E-state index in [0.29, 0.717) is 0 Å². The summed E-state index contributed by atoms with van der Waals surface area (Å²) in [6.07, 6.45) is 8.88. The predicted molar refractivity (Wildman–Crippen MR) is 103 cm³/mol. The maximum Gasteiger partial charge on any atom is 0.269 e. The summed E-state index contributed by atoms with van der Waals surface area (Å²) in [4.78, 5) is 14.4. The molecule has 5 nitrogen and oxygen atoms in total. The van der Waals surface area contributed by atoms with Crippen LogP contribution in [0.25, 0.3) is 0 Å². The van der Waals surface area contributed by atoms with E-state index in [9.17, 15) is 10.1 Å². The first kappa shape index (κ1) is 19.4. The van der Waals surface area contributed by atoms with Gasteiger partial charge in [0.15, 0.2) is 0 Å². The van der Waals surface area contributed by atoms with Gasteiger partial charge in [0.1, 0.15) is 0 Å². The molecule has 0 amide bonds. The molecule has 138 valence electrons. The number of non-ortho nitro benzene ring substituents is 1. The fourth-order valence-corrected chi connectivity index (χ4v) is 3.38. The molecule has 1 aliphatic heterocycles. The summed E-state index contributed by atoms with van der Waals surface area (Å²) in [6.45, 7) is 10.0. The third kappa shape index (κ3) is 6.86. The number of allylic oxidation sites excluding steroid dienone is 2. The summed E-state index contributed by atoms with van der Waals surface area (Å²) in [7, 11) is 0. The molecule has 0 aliphatic carbocycles. The molecule has 0 spiro atoms. The molecule has 0 aromatic heterocycles. The van der Waals surface area contributed by atoms with Crippen molar-refractivity contribution in [2.24, 2.45) is 0 Å². The fourth-order valence-electron chi connectivity index (χ4n) is 3.38. The molecule has 5 heteroatoms. The number of nitrogens with one attached hydrogen (secondary N) is 1. The van der Waals surface area contributed by atoms with Gasteiger partial charge in [-0.25, -0.2) is 0 Å². The first-order chi connectivity index (χ1) is 12.1. The van der Waals surface area contributed by atoms with Crippen LogP contribution in [0.4, 0.5) is 11.4 Å². The number of nitro groups is 1. The van der Waals surface area contributed by atoms with Crippen molar-refractivity contribution in [3.63, 3.8) is 0 Å². The molecular weight excluding hydrogens is 314 g/mol. The minimum Gasteiger partial charge on any atom is -0.360 e. The Hall–Kier alpha value is -1.88. The molecule has 0 bridgehead atoms. The zero-order valence-electron chi connectivity index (χ0n) is 15.7. The van der Waals surface area contributed by atoms with Crippen molar-refractivity contribution in [3.05, 3.63) is 46.0 Å². The molecule has 25 heavy (non-hydrogen) atoms. The maximum absolute atomic E-state index is 10.7. The van der Waals surface area contributed by atoms with Crippen molar-refractivity contribution in [1.82, 2.24) is 0 Å². The van der Waals surface area contributed by atoms with Crippen LogP contribution >= 0.6 is 0 Å². The monoisotopic (exact) mass is 346 g/mol. The number of unbranched alkanes of at least 4 members (excludes halogenated alkanes) is 4. The van der Waals surface area contributed by atoms with E-state index in [-0.39, 0.29) is 10.6 Å². The molecule has 1 aromatic carbocycles. The Bertz CT molecular complexity index is 557. The van der Waals surface area contributed by atoms with Crippen molar-refractivity contribution in [2.45, 2.75) is 46.0 Å². The zero-order chi connectivity index (χ0) is 18.1. The normalized spacial score (nSPS) is 15.2. The number of hydrogen-bond acceptors (Lipinski definition) is 3. The molecule has 1 N–H and O–H groups in total. The minimum absolute atomic E-state index is 0.164. The summed E-state index contributed by atoms with van der Waals surface area (Å²) in [5.74, 6) is 0. The van der Waals surface area contributed by atoms with Gasteiger partial charge in [0.25, 0.3) is 5.69 Å². The van der Waals surface area contributed by atoms with Gasteiger partial charge < -0.3 is 9.80 Å². The Labute approximate surface area is 151 Å². The number of hydrogen-bond donors (Lipinski definition) is 1. The molecule has 1 aliphatic rings. The van der Waals surface area contributed by atoms with Crippen LogP contribution in [-0.2, 0) is 0 Å². The van der Waals surface area contributed by atoms with Gasteiger partial charge in [-0.3, -0.25) is 10.1 Å². The Kier molecular flexibility index (Phi) is 7.92. The Morgan fingerprint density at radius 3 is 2.36 bits per heavy atom. The van der Waals surface area contributed by atoms with Gasteiger partial charge in [-0.05, 0) is 51.7 Å². The van der Waals surface area contributed by atoms with Crippen molar-refractivity contribution in [3.8, 4) is 0 Å². The minimum atomic E-state index is -0.342. The molecule has 1 aromatic rings. The van der Waals surface area contributed by atoms with Gasteiger partial charge in [-0.1, -0.05) is 18.1 Å². The summed E-state index contributed by atoms with van der Waals surface area (Å²) in [5, 5.41) is 10.7. The average Bonchev–Trinajstić information content (AvgIpc) is 2.61. The summed E-state index contributed by atoms with van der Waals surface area (Å²) in [6, 6.07) is 6.94. The molecule has 1 saturated heterocycles. The maximum atomic E-state index is 10.7. The largest absolute Gasteiger partial charge is 0.360 e. The highest BCUT2D eigenvalue weighted by Crippen LogP contribution is 2.19. The Morgan fingerprint density at radius 2 is 1.76 bits per heavy atom. The van der Waals surface area contributed by atoms with Crippen molar-refractivity contribution in [2.75, 3.05) is 37.6 Å². The molecule has 0 unspecified atom stereocenters. The smallest absolute Gasteiger partial charge is 0.269 e. The third-order valence-electron chi connectivity index (χ3n) is 4.93. The van der Waals surface area contributed by atoms with Crippen LogP contribution in [0.3, 0.4) is 0 Å². The number of piperazine rings is 1. The van der Waals surface area contributed by atoms with Gasteiger partial charge >= 0.3 is 0 Å². The number of anilines is 1. The predicted octanol–water partition coefficient (Wildman–Crippen LogP) is 3.22. The molecule has 1 heterocycles. The van der Waals surface area contributed by atoms with E-state index >= 15 is 0 Å². The van der Waals surface area contributed by atoms with Crippen LogP contribution < -0.4 is 9.80 Å². The van der Waals surface area contributed by atoms with Gasteiger partial charge in [0.05, 0.1) is 37.6 Å². The standard InChI is InChI=1S/C20H31N3O2/c1-18(2)8-6-4-3-5-7-13-21-14-16-22(17-15-21)19-9-11-20(12-10-19)23(24)25/h8-12H,3-7,13-17H2,1-2H3/p+1. The van der Waals surface area contributed by atoms with Crippen LogP contribution in [0.1, 0.15) is 46.0 Å². The second-order valence-corrected chi connectivity index (χ2v) is 7.24. The highest BCUT2D eigenvalue weighted by molar-refractivity contribution is 5.50. The lowest BCUT2D eigenvalue weighted by atomic mass is 10.1. The van der Waals surface area contributed by atoms with Crippen molar-refractivity contribution < 1.29 is 9.82 Å². The SMILES string of the molecule is CC(C)=CCCCCCC[NH+]1CCN(c2ccc([N+](=O)[O-])cc2)CC1. The van der Waals surface area contributed by atoms with Crippen LogP contribution in [0, 0.1) is 10.1 Å². The molecule has 0 saturated carbocycles. The van der Waals surface area contributed by atoms with Gasteiger partial charge in [-0.15, -0.1) is 0 Å². The van der Waals surface area contributed by atoms with E-state index < -0.39 is 0 Å². The van der Waals surface area contributed by atoms with E-state index in [2.05, 4.69) is 24.8 Å². The summed E-state index contributed by atoms with van der Waals surface area (Å²) in [5.41, 5.74) is 2.69. The zero-order valence-corrected chi connectivity index (χ0v) is 15.7. The molecule has 1 fully saturated rings. The van der Waals surface area contributed by atoms with Crippen LogP contribution in [0.15, 0.2) is 35.9 Å². The topological polar surface area (TPSA) is 50.8 Å². The number of benzene rings is 1. The lowest BCUT2D eigenvalue weighted by molar-refractivity contribution is -0.900. The molecule has 0 atom stereocenters. The molecule has 2 rings (SSSR count). The Balaban J connectivity index is 1.61. The molecule has 0 radical (unpaired) electrons. The fraction of sp³-hybridized carbons (Fsp3) is 0.600. The van der Waals surface area contributed by atoms with Crippen LogP contribution in [0.5, 0.6) is 0 Å². The second-order valence-electron chi connectivity index (χ2n) is 7.24. The Morgan fingerprint density at radius 1 is 1.12 bits per heavy atom. The van der Waals surface area contributed by atoms with E-state index in [4.69, 9.17) is 0 Å². The molecular formula is C20H32N3O2+. The lowest BCUT2D eigenvalue weighted by Crippen LogP contribution is -3.14. The quantitative estimate of drug-likeness (QED) is 0.323. The van der Waals surface area contributed by atoms with E-state index in [1.165, 1.54) is 44.2 Å². The first-order valence-electron chi connectivity index (χ1n) is 9.52. The van der Waals surface area contributed by atoms with Gasteiger partial charge in [0.2, 0.25) is 0 Å². The number of quaternary nitrogens is 1. The van der Waals surface area contributed by atoms with E-state index in [1.54, 1.807) is 17.0 Å². The van der Waals surface area contributed by atoms with E-state index in [0.717, 1.165) is 31.9 Å².